The Morgan fingerprint density at radius 3 is 2.13 bits per heavy atom. The van der Waals surface area contributed by atoms with Crippen molar-refractivity contribution >= 4 is 11.9 Å². The van der Waals surface area contributed by atoms with E-state index in [1.54, 1.807) is 5.57 Å². The number of ether oxygens (including phenoxy) is 1. The highest BCUT2D eigenvalue weighted by Gasteiger charge is 2.68. The first-order valence-electron chi connectivity index (χ1n) is 15.7. The maximum absolute atomic E-state index is 12.9. The van der Waals surface area contributed by atoms with E-state index in [1.807, 2.05) is 6.92 Å². The molecule has 38 heavy (non-hydrogen) atoms. The predicted octanol–water partition coefficient (Wildman–Crippen LogP) is 8.58. The van der Waals surface area contributed by atoms with Crippen LogP contribution in [0.4, 0.5) is 0 Å². The summed E-state index contributed by atoms with van der Waals surface area (Å²) in [5.41, 5.74) is 1.46. The van der Waals surface area contributed by atoms with Crippen LogP contribution < -0.4 is 0 Å². The molecule has 0 heterocycles. The average Bonchev–Trinajstić information content (AvgIpc) is 2.80. The third-order valence-corrected chi connectivity index (χ3v) is 13.4. The second-order valence-electron chi connectivity index (χ2n) is 16.3. The SMILES string of the molecule is CCCC(=O)O[C@@H]1CC[C@]2(C)[C@H]3CC[C@]4(C)C(=CC[C@@]5(C(=O)O)CCC(C)(C)C[C@H]54)[C@]3(C)CC[C@H]2C1(C)C. The van der Waals surface area contributed by atoms with Gasteiger partial charge in [-0.15, -0.1) is 0 Å². The molecule has 0 bridgehead atoms. The predicted molar refractivity (Wildman–Crippen MR) is 151 cm³/mol. The number of carboxylic acids is 1. The summed E-state index contributed by atoms with van der Waals surface area (Å²) in [6, 6.07) is 0. The molecule has 8 atom stereocenters. The molecule has 4 fully saturated rings. The van der Waals surface area contributed by atoms with Crippen molar-refractivity contribution in [3.63, 3.8) is 0 Å². The molecule has 0 aromatic heterocycles. The van der Waals surface area contributed by atoms with Crippen molar-refractivity contribution in [3.8, 4) is 0 Å². The van der Waals surface area contributed by atoms with Crippen molar-refractivity contribution in [1.82, 2.24) is 0 Å². The van der Waals surface area contributed by atoms with Gasteiger partial charge in [0.15, 0.2) is 0 Å². The molecule has 4 nitrogen and oxygen atoms in total. The van der Waals surface area contributed by atoms with Crippen LogP contribution in [0.1, 0.15) is 132 Å². The van der Waals surface area contributed by atoms with Crippen LogP contribution in [0, 0.1) is 50.2 Å². The molecule has 0 aliphatic heterocycles. The number of carbonyl (C=O) groups is 2. The zero-order valence-corrected chi connectivity index (χ0v) is 25.5. The van der Waals surface area contributed by atoms with Gasteiger partial charge in [0.25, 0.3) is 0 Å². The first-order valence-corrected chi connectivity index (χ1v) is 15.7. The number of fused-ring (bicyclic) bond motifs is 7. The molecule has 5 rings (SSSR count). The Kier molecular flexibility index (Phi) is 6.56. The highest BCUT2D eigenvalue weighted by molar-refractivity contribution is 5.76. The van der Waals surface area contributed by atoms with Gasteiger partial charge >= 0.3 is 11.9 Å². The Labute approximate surface area is 231 Å². The minimum atomic E-state index is -0.597. The molecule has 0 amide bonds. The van der Waals surface area contributed by atoms with Crippen LogP contribution in [0.15, 0.2) is 11.6 Å². The summed E-state index contributed by atoms with van der Waals surface area (Å²) in [6.07, 6.45) is 14.0. The number of hydrogen-bond acceptors (Lipinski definition) is 3. The molecule has 0 radical (unpaired) electrons. The monoisotopic (exact) mass is 526 g/mol. The summed E-state index contributed by atoms with van der Waals surface area (Å²) in [4.78, 5) is 25.4. The lowest BCUT2D eigenvalue weighted by atomic mass is 9.34. The quantitative estimate of drug-likeness (QED) is 0.294. The van der Waals surface area contributed by atoms with Crippen molar-refractivity contribution in [2.75, 3.05) is 0 Å². The molecule has 0 unspecified atom stereocenters. The lowest BCUT2D eigenvalue weighted by Crippen LogP contribution is -2.64. The van der Waals surface area contributed by atoms with Crippen molar-refractivity contribution in [1.29, 1.82) is 0 Å². The average molecular weight is 527 g/mol. The van der Waals surface area contributed by atoms with Gasteiger partial charge in [-0.05, 0) is 110 Å². The fourth-order valence-electron chi connectivity index (χ4n) is 11.5. The van der Waals surface area contributed by atoms with Gasteiger partial charge < -0.3 is 9.84 Å². The Hall–Kier alpha value is -1.32. The molecule has 5 aliphatic carbocycles. The molecule has 4 heteroatoms. The second-order valence-corrected chi connectivity index (χ2v) is 16.3. The molecule has 1 N–H and O–H groups in total. The van der Waals surface area contributed by atoms with Crippen LogP contribution in [0.25, 0.3) is 0 Å². The van der Waals surface area contributed by atoms with E-state index in [2.05, 4.69) is 54.5 Å². The van der Waals surface area contributed by atoms with Crippen LogP contribution in [0.3, 0.4) is 0 Å². The summed E-state index contributed by atoms with van der Waals surface area (Å²) in [5.74, 6) is 0.739. The van der Waals surface area contributed by atoms with E-state index in [-0.39, 0.29) is 45.1 Å². The van der Waals surface area contributed by atoms with Crippen LogP contribution in [0.5, 0.6) is 0 Å². The van der Waals surface area contributed by atoms with E-state index in [0.29, 0.717) is 24.7 Å². The zero-order valence-electron chi connectivity index (χ0n) is 25.5. The van der Waals surface area contributed by atoms with Crippen LogP contribution >= 0.6 is 0 Å². The summed E-state index contributed by atoms with van der Waals surface area (Å²) < 4.78 is 6.11. The Morgan fingerprint density at radius 2 is 1.50 bits per heavy atom. The number of carboxylic acid groups (broad SMARTS) is 1. The van der Waals surface area contributed by atoms with E-state index in [4.69, 9.17) is 4.74 Å². The fraction of sp³-hybridized carbons (Fsp3) is 0.882. The standard InChI is InChI=1S/C34H54O4/c1-9-10-27(35)38-26-14-17-31(6)22(30(26,4)5)11-15-32(7)23(31)12-16-33(8)24(32)13-18-34(28(36)37)20-19-29(2,3)21-25(33)34/h13,22-23,25-26H,9-12,14-21H2,1-8H3,(H,36,37)/t22-,23+,25-,26+,31-,32+,33+,34+/m0/s1. The highest BCUT2D eigenvalue weighted by atomic mass is 16.5. The smallest absolute Gasteiger partial charge is 0.310 e. The number of rotatable bonds is 4. The van der Waals surface area contributed by atoms with E-state index in [1.165, 1.54) is 6.42 Å². The van der Waals surface area contributed by atoms with Gasteiger partial charge in [0.2, 0.25) is 0 Å². The molecule has 0 aromatic rings. The van der Waals surface area contributed by atoms with Crippen molar-refractivity contribution in [2.45, 2.75) is 139 Å². The summed E-state index contributed by atoms with van der Waals surface area (Å²) in [5, 5.41) is 10.6. The van der Waals surface area contributed by atoms with Crippen LogP contribution in [-0.2, 0) is 14.3 Å². The highest BCUT2D eigenvalue weighted by Crippen LogP contribution is 2.75. The van der Waals surface area contributed by atoms with Crippen LogP contribution in [0.2, 0.25) is 0 Å². The summed E-state index contributed by atoms with van der Waals surface area (Å²) in [6.45, 7) is 19.0. The minimum Gasteiger partial charge on any atom is -0.481 e. The van der Waals surface area contributed by atoms with E-state index in [9.17, 15) is 14.7 Å². The van der Waals surface area contributed by atoms with E-state index in [0.717, 1.165) is 57.8 Å². The van der Waals surface area contributed by atoms with Crippen molar-refractivity contribution in [3.05, 3.63) is 11.6 Å². The fourth-order valence-corrected chi connectivity index (χ4v) is 11.5. The molecular weight excluding hydrogens is 472 g/mol. The Balaban J connectivity index is 1.49. The lowest BCUT2D eigenvalue weighted by molar-refractivity contribution is -0.201. The van der Waals surface area contributed by atoms with Crippen molar-refractivity contribution < 1.29 is 19.4 Å². The normalized spacial score (nSPS) is 46.9. The van der Waals surface area contributed by atoms with Gasteiger partial charge in [0.1, 0.15) is 6.10 Å². The first-order chi connectivity index (χ1) is 17.6. The maximum Gasteiger partial charge on any atom is 0.310 e. The Bertz CT molecular complexity index is 1020. The Morgan fingerprint density at radius 1 is 0.868 bits per heavy atom. The van der Waals surface area contributed by atoms with Gasteiger partial charge in [0, 0.05) is 11.8 Å². The van der Waals surface area contributed by atoms with Gasteiger partial charge in [-0.3, -0.25) is 9.59 Å². The molecule has 0 spiro atoms. The van der Waals surface area contributed by atoms with Gasteiger partial charge in [-0.1, -0.05) is 67.0 Å². The summed E-state index contributed by atoms with van der Waals surface area (Å²) in [7, 11) is 0. The van der Waals surface area contributed by atoms with Crippen LogP contribution in [-0.4, -0.2) is 23.1 Å². The van der Waals surface area contributed by atoms with Gasteiger partial charge in [-0.25, -0.2) is 0 Å². The maximum atomic E-state index is 12.9. The second kappa shape index (κ2) is 8.84. The zero-order chi connectivity index (χ0) is 27.9. The summed E-state index contributed by atoms with van der Waals surface area (Å²) >= 11 is 0. The number of aliphatic carboxylic acids is 1. The molecule has 0 saturated heterocycles. The lowest BCUT2D eigenvalue weighted by Gasteiger charge is -2.70. The number of hydrogen-bond donors (Lipinski definition) is 1. The third-order valence-electron chi connectivity index (χ3n) is 13.4. The topological polar surface area (TPSA) is 63.6 Å². The first kappa shape index (κ1) is 28.2. The number of allylic oxidation sites excluding steroid dienone is 2. The number of esters is 1. The largest absolute Gasteiger partial charge is 0.481 e. The molecule has 4 saturated carbocycles. The van der Waals surface area contributed by atoms with Gasteiger partial charge in [0.05, 0.1) is 5.41 Å². The molecule has 5 aliphatic rings. The molecular formula is C34H54O4. The minimum absolute atomic E-state index is 0.00684. The van der Waals surface area contributed by atoms with E-state index >= 15 is 0 Å². The number of carbonyl (C=O) groups excluding carboxylic acids is 1. The van der Waals surface area contributed by atoms with Gasteiger partial charge in [-0.2, -0.15) is 0 Å². The molecule has 214 valence electrons. The van der Waals surface area contributed by atoms with Crippen molar-refractivity contribution in [2.24, 2.45) is 50.2 Å². The molecule has 0 aromatic carbocycles. The third kappa shape index (κ3) is 3.80. The van der Waals surface area contributed by atoms with E-state index < -0.39 is 11.4 Å².